The van der Waals surface area contributed by atoms with Crippen molar-refractivity contribution in [3.63, 3.8) is 0 Å². The Labute approximate surface area is 239 Å². The lowest BCUT2D eigenvalue weighted by Gasteiger charge is -2.33. The Morgan fingerprint density at radius 2 is 1.95 bits per heavy atom. The van der Waals surface area contributed by atoms with E-state index in [0.717, 1.165) is 71.3 Å². The molecule has 2 aliphatic rings. The standard InChI is InChI=1S/C30H29F3N6OS/c1-18-23-10-21(14-34)39(15-19-4-2-3-5-19)26(23)12-27(40)25(18)16-38-8-6-20(7-9-38)37-28-24-11-22(13-30(31,32)33)41-29(24)36-17-35-28/h2,4-5,10-12,17,20,40H,3,6-9,13,15-16H2,1H3,(H,35,36,37). The van der Waals surface area contributed by atoms with Crippen LogP contribution in [0.3, 0.4) is 0 Å². The quantitative estimate of drug-likeness (QED) is 0.257. The van der Waals surface area contributed by atoms with E-state index in [1.54, 1.807) is 12.1 Å². The lowest BCUT2D eigenvalue weighted by Crippen LogP contribution is -2.39. The third-order valence-electron chi connectivity index (χ3n) is 7.95. The van der Waals surface area contributed by atoms with Crippen molar-refractivity contribution in [2.24, 2.45) is 0 Å². The zero-order chi connectivity index (χ0) is 28.7. The van der Waals surface area contributed by atoms with E-state index in [1.807, 2.05) is 17.6 Å². The number of nitrogens with one attached hydrogen (secondary N) is 1. The number of rotatable bonds is 7. The van der Waals surface area contributed by atoms with Gasteiger partial charge < -0.3 is 15.0 Å². The second-order valence-electron chi connectivity index (χ2n) is 10.7. The third kappa shape index (κ3) is 5.67. The Bertz CT molecular complexity index is 1720. The van der Waals surface area contributed by atoms with Gasteiger partial charge in [-0.1, -0.05) is 18.2 Å². The molecule has 0 atom stereocenters. The molecule has 0 bridgehead atoms. The Kier molecular flexibility index (Phi) is 7.21. The summed E-state index contributed by atoms with van der Waals surface area (Å²) in [6, 6.07) is 7.66. The number of alkyl halides is 3. The summed E-state index contributed by atoms with van der Waals surface area (Å²) >= 11 is 1.05. The van der Waals surface area contributed by atoms with Crippen LogP contribution in [0, 0.1) is 18.3 Å². The minimum Gasteiger partial charge on any atom is -0.508 e. The number of nitrogens with zero attached hydrogens (tertiary/aromatic N) is 5. The maximum Gasteiger partial charge on any atom is 0.393 e. The summed E-state index contributed by atoms with van der Waals surface area (Å²) in [4.78, 5) is 11.6. The zero-order valence-electron chi connectivity index (χ0n) is 22.5. The number of halogens is 3. The van der Waals surface area contributed by atoms with Gasteiger partial charge in [-0.05, 0) is 49.5 Å². The van der Waals surface area contributed by atoms with Gasteiger partial charge in [-0.2, -0.15) is 18.4 Å². The summed E-state index contributed by atoms with van der Waals surface area (Å²) in [5.41, 5.74) is 4.41. The van der Waals surface area contributed by atoms with Crippen molar-refractivity contribution >= 4 is 38.3 Å². The zero-order valence-corrected chi connectivity index (χ0v) is 23.3. The number of piperidine rings is 1. The number of aryl methyl sites for hydroxylation is 1. The van der Waals surface area contributed by atoms with Gasteiger partial charge in [0.1, 0.15) is 34.5 Å². The molecule has 2 N–H and O–H groups in total. The summed E-state index contributed by atoms with van der Waals surface area (Å²) in [5, 5.41) is 25.9. The van der Waals surface area contributed by atoms with Crippen LogP contribution in [0.2, 0.25) is 0 Å². The van der Waals surface area contributed by atoms with E-state index in [0.29, 0.717) is 34.8 Å². The predicted octanol–water partition coefficient (Wildman–Crippen LogP) is 6.60. The normalized spacial score (nSPS) is 16.5. The Balaban J connectivity index is 1.14. The van der Waals surface area contributed by atoms with Crippen molar-refractivity contribution < 1.29 is 18.3 Å². The number of aromatic nitrogens is 3. The molecule has 0 saturated carbocycles. The average Bonchev–Trinajstić information content (AvgIpc) is 3.66. The summed E-state index contributed by atoms with van der Waals surface area (Å²) < 4.78 is 40.6. The fraction of sp³-hybridized carbons (Fsp3) is 0.367. The molecule has 4 aromatic rings. The molecule has 11 heteroatoms. The van der Waals surface area contributed by atoms with Gasteiger partial charge in [-0.15, -0.1) is 11.3 Å². The highest BCUT2D eigenvalue weighted by Crippen LogP contribution is 2.35. The van der Waals surface area contributed by atoms with Crippen molar-refractivity contribution in [2.45, 2.75) is 57.9 Å². The van der Waals surface area contributed by atoms with E-state index < -0.39 is 12.6 Å². The van der Waals surface area contributed by atoms with E-state index in [2.05, 4.69) is 44.5 Å². The van der Waals surface area contributed by atoms with Gasteiger partial charge in [0, 0.05) is 54.1 Å². The van der Waals surface area contributed by atoms with Crippen molar-refractivity contribution in [1.82, 2.24) is 19.4 Å². The number of benzene rings is 1. The molecule has 6 rings (SSSR count). The summed E-state index contributed by atoms with van der Waals surface area (Å²) in [6.45, 7) is 4.76. The van der Waals surface area contributed by atoms with Crippen molar-refractivity contribution in [2.75, 3.05) is 18.4 Å². The van der Waals surface area contributed by atoms with Gasteiger partial charge in [0.25, 0.3) is 0 Å². The number of hydrogen-bond acceptors (Lipinski definition) is 7. The monoisotopic (exact) mass is 578 g/mol. The van der Waals surface area contributed by atoms with Crippen LogP contribution in [0.5, 0.6) is 5.75 Å². The molecule has 4 heterocycles. The lowest BCUT2D eigenvalue weighted by atomic mass is 10.00. The van der Waals surface area contributed by atoms with Gasteiger partial charge in [0.05, 0.1) is 17.3 Å². The predicted molar refractivity (Wildman–Crippen MR) is 154 cm³/mol. The van der Waals surface area contributed by atoms with Crippen LogP contribution in [-0.2, 0) is 19.5 Å². The Hall–Kier alpha value is -3.88. The molecule has 1 aliphatic heterocycles. The molecule has 0 spiro atoms. The smallest absolute Gasteiger partial charge is 0.393 e. The Morgan fingerprint density at radius 3 is 2.66 bits per heavy atom. The number of fused-ring (bicyclic) bond motifs is 2. The average molecular weight is 579 g/mol. The Morgan fingerprint density at radius 1 is 1.15 bits per heavy atom. The number of hydrogen-bond donors (Lipinski definition) is 2. The number of phenolic OH excluding ortho intramolecular Hbond substituents is 1. The molecule has 1 fully saturated rings. The summed E-state index contributed by atoms with van der Waals surface area (Å²) in [5.74, 6) is 0.796. The van der Waals surface area contributed by atoms with Crippen molar-refractivity contribution in [3.8, 4) is 11.8 Å². The highest BCUT2D eigenvalue weighted by atomic mass is 32.1. The molecular weight excluding hydrogens is 549 g/mol. The number of likely N-dealkylation sites (tertiary alicyclic amines) is 1. The first-order chi connectivity index (χ1) is 19.7. The first-order valence-electron chi connectivity index (χ1n) is 13.6. The number of aromatic hydroxyl groups is 1. The van der Waals surface area contributed by atoms with Crippen LogP contribution in [0.15, 0.2) is 48.3 Å². The molecule has 1 aromatic carbocycles. The molecule has 1 saturated heterocycles. The van der Waals surface area contributed by atoms with Crippen molar-refractivity contribution in [3.05, 3.63) is 70.0 Å². The van der Waals surface area contributed by atoms with E-state index in [1.165, 1.54) is 6.33 Å². The van der Waals surface area contributed by atoms with Gasteiger partial charge in [-0.3, -0.25) is 4.90 Å². The van der Waals surface area contributed by atoms with Crippen LogP contribution >= 0.6 is 11.3 Å². The van der Waals surface area contributed by atoms with Crippen LogP contribution < -0.4 is 5.32 Å². The molecule has 0 unspecified atom stereocenters. The van der Waals surface area contributed by atoms with Crippen LogP contribution in [0.4, 0.5) is 19.0 Å². The number of thiophene rings is 1. The minimum absolute atomic E-state index is 0.124. The van der Waals surface area contributed by atoms with Crippen LogP contribution in [-0.4, -0.2) is 49.8 Å². The topological polar surface area (TPSA) is 90.0 Å². The van der Waals surface area contributed by atoms with Gasteiger partial charge in [-0.25, -0.2) is 9.97 Å². The van der Waals surface area contributed by atoms with E-state index in [9.17, 15) is 23.5 Å². The second-order valence-corrected chi connectivity index (χ2v) is 11.8. The fourth-order valence-electron chi connectivity index (χ4n) is 5.82. The van der Waals surface area contributed by atoms with E-state index in [4.69, 9.17) is 0 Å². The van der Waals surface area contributed by atoms with Crippen molar-refractivity contribution in [1.29, 1.82) is 5.26 Å². The first kappa shape index (κ1) is 27.3. The SMILES string of the molecule is Cc1c(CN2CCC(Nc3ncnc4sc(CC(F)(F)F)cc34)CC2)c(O)cc2c1cc(C#N)n2CC1=CCC=C1. The number of allylic oxidation sites excluding steroid dienone is 4. The first-order valence-corrected chi connectivity index (χ1v) is 14.4. The number of nitriles is 1. The van der Waals surface area contributed by atoms with Gasteiger partial charge >= 0.3 is 6.18 Å². The van der Waals surface area contributed by atoms with Crippen LogP contribution in [0.25, 0.3) is 21.1 Å². The highest BCUT2D eigenvalue weighted by molar-refractivity contribution is 7.18. The highest BCUT2D eigenvalue weighted by Gasteiger charge is 2.29. The third-order valence-corrected chi connectivity index (χ3v) is 8.99. The number of phenols is 1. The van der Waals surface area contributed by atoms with Gasteiger partial charge in [0.15, 0.2) is 0 Å². The molecule has 3 aromatic heterocycles. The van der Waals surface area contributed by atoms with E-state index in [-0.39, 0.29) is 16.7 Å². The maximum atomic E-state index is 12.9. The summed E-state index contributed by atoms with van der Waals surface area (Å²) in [6.07, 6.45) is 5.02. The molecule has 1 aliphatic carbocycles. The largest absolute Gasteiger partial charge is 0.508 e. The number of anilines is 1. The van der Waals surface area contributed by atoms with Crippen LogP contribution in [0.1, 0.15) is 41.0 Å². The van der Waals surface area contributed by atoms with Gasteiger partial charge in [0.2, 0.25) is 0 Å². The van der Waals surface area contributed by atoms with E-state index >= 15 is 0 Å². The molecular formula is C30H29F3N6OS. The lowest BCUT2D eigenvalue weighted by molar-refractivity contribution is -0.126. The molecule has 41 heavy (non-hydrogen) atoms. The fourth-order valence-corrected chi connectivity index (χ4v) is 6.84. The molecule has 7 nitrogen and oxygen atoms in total. The molecule has 0 amide bonds. The molecule has 0 radical (unpaired) electrons. The summed E-state index contributed by atoms with van der Waals surface area (Å²) in [7, 11) is 0. The minimum atomic E-state index is -4.26. The second kappa shape index (κ2) is 10.8. The molecule has 212 valence electrons. The maximum absolute atomic E-state index is 12.9.